The Balaban J connectivity index is 1.26. The minimum absolute atomic E-state index is 1.07. The molecular formula is C38H26N2. The van der Waals surface area contributed by atoms with E-state index in [1.54, 1.807) is 0 Å². The minimum atomic E-state index is 1.07. The number of hydrogen-bond donors (Lipinski definition) is 1. The van der Waals surface area contributed by atoms with Gasteiger partial charge in [-0.2, -0.15) is 0 Å². The minimum Gasteiger partial charge on any atom is -0.355 e. The molecule has 1 N–H and O–H groups in total. The average Bonchev–Trinajstić information content (AvgIpc) is 3.35. The second kappa shape index (κ2) is 9.14. The van der Waals surface area contributed by atoms with Crippen LogP contribution in [0.2, 0.25) is 0 Å². The number of nitrogens with zero attached hydrogens (tertiary/aromatic N) is 1. The maximum Gasteiger partial charge on any atom is 0.0561 e. The van der Waals surface area contributed by atoms with Crippen LogP contribution in [-0.2, 0) is 0 Å². The summed E-state index contributed by atoms with van der Waals surface area (Å²) in [4.78, 5) is 0. The van der Waals surface area contributed by atoms with Gasteiger partial charge in [-0.3, -0.25) is 0 Å². The van der Waals surface area contributed by atoms with Gasteiger partial charge in [0.15, 0.2) is 0 Å². The Labute approximate surface area is 232 Å². The first-order chi connectivity index (χ1) is 19.8. The smallest absolute Gasteiger partial charge is 0.0561 e. The van der Waals surface area contributed by atoms with Crippen LogP contribution in [0.3, 0.4) is 0 Å². The summed E-state index contributed by atoms with van der Waals surface area (Å²) < 4.78 is 2.36. The Morgan fingerprint density at radius 3 is 2.00 bits per heavy atom. The predicted octanol–water partition coefficient (Wildman–Crippen LogP) is 10.5. The summed E-state index contributed by atoms with van der Waals surface area (Å²) in [7, 11) is 0. The SMILES string of the molecule is c1ccc(-n2c3ccccc3c3ccc(Nc4ccc(-c5ccc6ccccc6c5)c5ccccc45)cc32)cc1. The highest BCUT2D eigenvalue weighted by atomic mass is 15.0. The summed E-state index contributed by atoms with van der Waals surface area (Å²) in [6.07, 6.45) is 0. The van der Waals surface area contributed by atoms with Crippen LogP contribution in [0.1, 0.15) is 0 Å². The lowest BCUT2D eigenvalue weighted by atomic mass is 9.95. The molecule has 188 valence electrons. The van der Waals surface area contributed by atoms with E-state index in [0.29, 0.717) is 0 Å². The second-order valence-corrected chi connectivity index (χ2v) is 10.3. The molecule has 0 saturated carbocycles. The van der Waals surface area contributed by atoms with E-state index >= 15 is 0 Å². The summed E-state index contributed by atoms with van der Waals surface area (Å²) in [6.45, 7) is 0. The van der Waals surface area contributed by atoms with E-state index < -0.39 is 0 Å². The summed E-state index contributed by atoms with van der Waals surface area (Å²) in [5.41, 5.74) is 8.20. The van der Waals surface area contributed by atoms with E-state index in [1.165, 1.54) is 54.5 Å². The van der Waals surface area contributed by atoms with Crippen molar-refractivity contribution in [2.24, 2.45) is 0 Å². The van der Waals surface area contributed by atoms with Crippen LogP contribution in [0.25, 0.3) is 60.2 Å². The van der Waals surface area contributed by atoms with Gasteiger partial charge in [0.2, 0.25) is 0 Å². The van der Waals surface area contributed by atoms with Gasteiger partial charge < -0.3 is 9.88 Å². The number of benzene rings is 7. The molecule has 7 aromatic carbocycles. The van der Waals surface area contributed by atoms with Gasteiger partial charge in [-0.15, -0.1) is 0 Å². The molecule has 0 saturated heterocycles. The number of hydrogen-bond acceptors (Lipinski definition) is 1. The number of rotatable bonds is 4. The molecule has 0 unspecified atom stereocenters. The lowest BCUT2D eigenvalue weighted by Gasteiger charge is -2.15. The van der Waals surface area contributed by atoms with Crippen LogP contribution in [-0.4, -0.2) is 4.57 Å². The van der Waals surface area contributed by atoms with Crippen LogP contribution in [0.4, 0.5) is 11.4 Å². The molecule has 2 heteroatoms. The first-order valence-corrected chi connectivity index (χ1v) is 13.7. The molecule has 8 aromatic rings. The zero-order valence-electron chi connectivity index (χ0n) is 21.9. The summed E-state index contributed by atoms with van der Waals surface area (Å²) in [6, 6.07) is 54.4. The summed E-state index contributed by atoms with van der Waals surface area (Å²) in [5, 5.41) is 11.2. The van der Waals surface area contributed by atoms with Crippen molar-refractivity contribution in [1.29, 1.82) is 0 Å². The Bertz CT molecular complexity index is 2190. The van der Waals surface area contributed by atoms with Gasteiger partial charge in [0.25, 0.3) is 0 Å². The van der Waals surface area contributed by atoms with Crippen LogP contribution in [0.5, 0.6) is 0 Å². The molecule has 0 atom stereocenters. The van der Waals surface area contributed by atoms with Gasteiger partial charge >= 0.3 is 0 Å². The highest BCUT2D eigenvalue weighted by molar-refractivity contribution is 6.11. The van der Waals surface area contributed by atoms with Crippen molar-refractivity contribution in [1.82, 2.24) is 4.57 Å². The van der Waals surface area contributed by atoms with E-state index in [2.05, 4.69) is 162 Å². The van der Waals surface area contributed by atoms with E-state index in [4.69, 9.17) is 0 Å². The topological polar surface area (TPSA) is 17.0 Å². The molecule has 1 aromatic heterocycles. The van der Waals surface area contributed by atoms with Gasteiger partial charge in [0, 0.05) is 33.2 Å². The maximum absolute atomic E-state index is 3.76. The third-order valence-electron chi connectivity index (χ3n) is 7.95. The van der Waals surface area contributed by atoms with Crippen molar-refractivity contribution in [2.45, 2.75) is 0 Å². The van der Waals surface area contributed by atoms with Gasteiger partial charge in [-0.05, 0) is 69.8 Å². The van der Waals surface area contributed by atoms with E-state index in [9.17, 15) is 0 Å². The highest BCUT2D eigenvalue weighted by Gasteiger charge is 2.14. The number of aromatic nitrogens is 1. The molecule has 0 aliphatic carbocycles. The third kappa shape index (κ3) is 3.65. The largest absolute Gasteiger partial charge is 0.355 e. The molecule has 1 heterocycles. The quantitative estimate of drug-likeness (QED) is 0.249. The second-order valence-electron chi connectivity index (χ2n) is 10.3. The monoisotopic (exact) mass is 510 g/mol. The molecule has 0 spiro atoms. The van der Waals surface area contributed by atoms with Crippen LogP contribution in [0, 0.1) is 0 Å². The fraction of sp³-hybridized carbons (Fsp3) is 0. The number of anilines is 2. The van der Waals surface area contributed by atoms with Crippen molar-refractivity contribution >= 4 is 54.7 Å². The molecule has 0 amide bonds. The molecular weight excluding hydrogens is 484 g/mol. The van der Waals surface area contributed by atoms with E-state index in [0.717, 1.165) is 17.1 Å². The van der Waals surface area contributed by atoms with Crippen molar-refractivity contribution in [2.75, 3.05) is 5.32 Å². The highest BCUT2D eigenvalue weighted by Crippen LogP contribution is 2.38. The predicted molar refractivity (Wildman–Crippen MR) is 171 cm³/mol. The third-order valence-corrected chi connectivity index (χ3v) is 7.95. The van der Waals surface area contributed by atoms with Crippen molar-refractivity contribution in [3.63, 3.8) is 0 Å². The van der Waals surface area contributed by atoms with Crippen molar-refractivity contribution in [3.05, 3.63) is 152 Å². The van der Waals surface area contributed by atoms with Crippen LogP contribution in [0.15, 0.2) is 152 Å². The Kier molecular flexibility index (Phi) is 5.17. The average molecular weight is 511 g/mol. The number of nitrogens with one attached hydrogen (secondary N) is 1. The van der Waals surface area contributed by atoms with Gasteiger partial charge in [0.1, 0.15) is 0 Å². The van der Waals surface area contributed by atoms with Crippen molar-refractivity contribution in [3.8, 4) is 16.8 Å². The Morgan fingerprint density at radius 2 is 1.12 bits per heavy atom. The van der Waals surface area contributed by atoms with Crippen LogP contribution < -0.4 is 5.32 Å². The molecule has 8 rings (SSSR count). The maximum atomic E-state index is 3.76. The van der Waals surface area contributed by atoms with E-state index in [1.807, 2.05) is 0 Å². The lowest BCUT2D eigenvalue weighted by molar-refractivity contribution is 1.18. The van der Waals surface area contributed by atoms with Gasteiger partial charge in [-0.25, -0.2) is 0 Å². The molecule has 0 aliphatic rings. The Morgan fingerprint density at radius 1 is 0.425 bits per heavy atom. The summed E-state index contributed by atoms with van der Waals surface area (Å²) in [5.74, 6) is 0. The number of para-hydroxylation sites is 2. The standard InChI is InChI=1S/C38H26N2/c1-2-12-30(13-3-1)40-37-17-9-8-16-34(37)35-21-20-29(25-38(35)40)39-36-23-22-31(32-14-6-7-15-33(32)36)28-19-18-26-10-4-5-11-27(26)24-28/h1-25,39H. The molecule has 0 fully saturated rings. The zero-order valence-corrected chi connectivity index (χ0v) is 21.9. The molecule has 40 heavy (non-hydrogen) atoms. The van der Waals surface area contributed by atoms with Gasteiger partial charge in [-0.1, -0.05) is 109 Å². The fourth-order valence-electron chi connectivity index (χ4n) is 6.08. The Hall–Kier alpha value is -5.34. The van der Waals surface area contributed by atoms with Crippen LogP contribution >= 0.6 is 0 Å². The molecule has 0 aliphatic heterocycles. The summed E-state index contributed by atoms with van der Waals surface area (Å²) >= 11 is 0. The molecule has 2 nitrogen and oxygen atoms in total. The van der Waals surface area contributed by atoms with Gasteiger partial charge in [0.05, 0.1) is 11.0 Å². The molecule has 0 bridgehead atoms. The number of fused-ring (bicyclic) bond motifs is 5. The first-order valence-electron chi connectivity index (χ1n) is 13.7. The zero-order chi connectivity index (χ0) is 26.5. The van der Waals surface area contributed by atoms with E-state index in [-0.39, 0.29) is 0 Å². The first kappa shape index (κ1) is 22.6. The lowest BCUT2D eigenvalue weighted by Crippen LogP contribution is -1.95. The molecule has 0 radical (unpaired) electrons. The van der Waals surface area contributed by atoms with Crippen molar-refractivity contribution < 1.29 is 0 Å². The fourth-order valence-corrected chi connectivity index (χ4v) is 6.08. The normalized spacial score (nSPS) is 11.5.